The Kier molecular flexibility index (Phi) is 4.43. The number of aromatic nitrogens is 4. The van der Waals surface area contributed by atoms with Gasteiger partial charge in [-0.05, 0) is 36.8 Å². The second-order valence-electron chi connectivity index (χ2n) is 7.17. The van der Waals surface area contributed by atoms with Gasteiger partial charge in [-0.3, -0.25) is 4.79 Å². The lowest BCUT2D eigenvalue weighted by Gasteiger charge is -2.18. The minimum atomic E-state index is -1.04. The number of imidazole rings is 1. The zero-order valence-electron chi connectivity index (χ0n) is 16.5. The highest BCUT2D eigenvalue weighted by Crippen LogP contribution is 2.33. The topological polar surface area (TPSA) is 99.8 Å². The third-order valence-electron chi connectivity index (χ3n) is 5.25. The molecule has 10 heteroatoms. The number of rotatable bonds is 3. The fraction of sp³-hybridized carbons (Fsp3) is 0.0909. The number of benzene rings is 2. The lowest BCUT2D eigenvalue weighted by Crippen LogP contribution is -2.16. The number of halogens is 3. The van der Waals surface area contributed by atoms with E-state index in [4.69, 9.17) is 10.2 Å². The summed E-state index contributed by atoms with van der Waals surface area (Å²) in [6, 6.07) is 8.47. The van der Waals surface area contributed by atoms with Gasteiger partial charge in [0.05, 0.1) is 17.9 Å². The van der Waals surface area contributed by atoms with Crippen molar-refractivity contribution >= 4 is 28.0 Å². The molecule has 0 saturated carbocycles. The molecule has 0 spiro atoms. The van der Waals surface area contributed by atoms with Crippen LogP contribution in [0.3, 0.4) is 0 Å². The summed E-state index contributed by atoms with van der Waals surface area (Å²) in [6.07, 6.45) is 0.328. The molecule has 1 atom stereocenters. The maximum Gasteiger partial charge on any atom is 0.312 e. The van der Waals surface area contributed by atoms with Gasteiger partial charge in [-0.15, -0.1) is 0 Å². The molecule has 3 heterocycles. The maximum atomic E-state index is 14.5. The summed E-state index contributed by atoms with van der Waals surface area (Å²) in [5.41, 5.74) is 5.79. The van der Waals surface area contributed by atoms with Crippen molar-refractivity contribution in [3.8, 4) is 11.1 Å². The van der Waals surface area contributed by atoms with Crippen molar-refractivity contribution in [1.82, 2.24) is 19.5 Å². The van der Waals surface area contributed by atoms with Gasteiger partial charge >= 0.3 is 6.08 Å². The highest BCUT2D eigenvalue weighted by Gasteiger charge is 2.25. The van der Waals surface area contributed by atoms with Crippen LogP contribution < -0.4 is 11.2 Å². The van der Waals surface area contributed by atoms with Crippen LogP contribution in [0.1, 0.15) is 18.7 Å². The number of hydrogen-bond donors (Lipinski definition) is 1. The highest BCUT2D eigenvalue weighted by molar-refractivity contribution is 5.84. The van der Waals surface area contributed by atoms with E-state index in [9.17, 15) is 18.0 Å². The number of anilines is 1. The number of hydrogen-bond acceptors (Lipinski definition) is 6. The molecule has 3 aromatic heterocycles. The Morgan fingerprint density at radius 1 is 1.06 bits per heavy atom. The van der Waals surface area contributed by atoms with Gasteiger partial charge in [0.15, 0.2) is 11.5 Å². The second kappa shape index (κ2) is 7.19. The molecule has 0 saturated heterocycles. The fourth-order valence-electron chi connectivity index (χ4n) is 3.72. The van der Waals surface area contributed by atoms with E-state index < -0.39 is 29.2 Å². The Hall–Kier alpha value is -4.21. The first-order chi connectivity index (χ1) is 15.3. The van der Waals surface area contributed by atoms with Gasteiger partial charge in [0.2, 0.25) is 5.43 Å². The van der Waals surface area contributed by atoms with E-state index >= 15 is 0 Å². The summed E-state index contributed by atoms with van der Waals surface area (Å²) in [5.74, 6) is -1.24. The summed E-state index contributed by atoms with van der Waals surface area (Å²) in [5, 5.41) is -0.226. The van der Waals surface area contributed by atoms with Crippen LogP contribution in [0.25, 0.3) is 33.3 Å². The summed E-state index contributed by atoms with van der Waals surface area (Å²) in [6.45, 7) is 1.67. The Labute approximate surface area is 178 Å². The molecule has 0 radical (unpaired) electrons. The summed E-state index contributed by atoms with van der Waals surface area (Å²) >= 11 is 0. The van der Waals surface area contributed by atoms with Crippen molar-refractivity contribution in [2.75, 3.05) is 5.73 Å². The van der Waals surface area contributed by atoms with Gasteiger partial charge in [-0.25, -0.2) is 13.8 Å². The molecule has 5 rings (SSSR count). The molecule has 0 bridgehead atoms. The molecule has 1 unspecified atom stereocenters. The molecule has 0 aliphatic rings. The molecule has 160 valence electrons. The van der Waals surface area contributed by atoms with Crippen LogP contribution in [0.4, 0.5) is 19.0 Å². The largest absolute Gasteiger partial charge is 0.458 e. The summed E-state index contributed by atoms with van der Waals surface area (Å²) in [4.78, 5) is 24.7. The van der Waals surface area contributed by atoms with Crippen molar-refractivity contribution in [2.24, 2.45) is 0 Å². The van der Waals surface area contributed by atoms with Gasteiger partial charge < -0.3 is 14.7 Å². The van der Waals surface area contributed by atoms with Crippen LogP contribution in [-0.2, 0) is 0 Å². The van der Waals surface area contributed by atoms with Crippen molar-refractivity contribution in [1.29, 1.82) is 0 Å². The zero-order chi connectivity index (χ0) is 22.6. The standard InChI is InChI=1S/C22H14F3N5O2/c1-10(30-9-27-17-20(26)28-22(25)29-21(17)30)19-15(11-5-7-12(23)8-6-11)18(31)16-13(24)3-2-4-14(16)32-19/h2-10H,1H3,(H2,26,28,29). The molecule has 0 aliphatic heterocycles. The number of nitrogen functional groups attached to an aromatic ring is 1. The molecule has 5 aromatic rings. The van der Waals surface area contributed by atoms with Gasteiger partial charge in [-0.1, -0.05) is 18.2 Å². The Bertz CT molecular complexity index is 1560. The Morgan fingerprint density at radius 3 is 2.56 bits per heavy atom. The Morgan fingerprint density at radius 2 is 1.81 bits per heavy atom. The van der Waals surface area contributed by atoms with E-state index in [2.05, 4.69) is 15.0 Å². The average Bonchev–Trinajstić information content (AvgIpc) is 3.18. The molecule has 2 aromatic carbocycles. The normalized spacial score (nSPS) is 12.5. The van der Waals surface area contributed by atoms with E-state index in [1.165, 1.54) is 47.3 Å². The van der Waals surface area contributed by atoms with Crippen molar-refractivity contribution in [3.05, 3.63) is 82.5 Å². The molecule has 0 fully saturated rings. The molecule has 0 amide bonds. The van der Waals surface area contributed by atoms with Gasteiger partial charge in [0.25, 0.3) is 0 Å². The monoisotopic (exact) mass is 437 g/mol. The smallest absolute Gasteiger partial charge is 0.312 e. The first-order valence-corrected chi connectivity index (χ1v) is 9.52. The van der Waals surface area contributed by atoms with Crippen LogP contribution in [0.2, 0.25) is 0 Å². The van der Waals surface area contributed by atoms with E-state index in [1.807, 2.05) is 0 Å². The van der Waals surface area contributed by atoms with Crippen LogP contribution in [0.5, 0.6) is 0 Å². The molecule has 2 N–H and O–H groups in total. The van der Waals surface area contributed by atoms with E-state index in [-0.39, 0.29) is 39.3 Å². The van der Waals surface area contributed by atoms with Crippen LogP contribution in [0.15, 0.2) is 58.0 Å². The van der Waals surface area contributed by atoms with Crippen molar-refractivity contribution < 1.29 is 17.6 Å². The van der Waals surface area contributed by atoms with Crippen LogP contribution in [0, 0.1) is 17.7 Å². The third-order valence-corrected chi connectivity index (χ3v) is 5.25. The van der Waals surface area contributed by atoms with Gasteiger partial charge in [0, 0.05) is 0 Å². The van der Waals surface area contributed by atoms with E-state index in [0.717, 1.165) is 6.07 Å². The molecular formula is C22H14F3N5O2. The number of nitrogens with zero attached hydrogens (tertiary/aromatic N) is 4. The summed E-state index contributed by atoms with van der Waals surface area (Å²) < 4.78 is 49.3. The molecular weight excluding hydrogens is 423 g/mol. The van der Waals surface area contributed by atoms with Gasteiger partial charge in [-0.2, -0.15) is 14.4 Å². The minimum absolute atomic E-state index is 0.0347. The first kappa shape index (κ1) is 19.7. The van der Waals surface area contributed by atoms with E-state index in [0.29, 0.717) is 5.56 Å². The molecule has 7 nitrogen and oxygen atoms in total. The number of nitrogens with two attached hydrogens (primary N) is 1. The quantitative estimate of drug-likeness (QED) is 0.425. The lowest BCUT2D eigenvalue weighted by atomic mass is 9.99. The maximum absolute atomic E-state index is 14.5. The highest BCUT2D eigenvalue weighted by atomic mass is 19.1. The van der Waals surface area contributed by atoms with Crippen molar-refractivity contribution in [2.45, 2.75) is 13.0 Å². The number of fused-ring (bicyclic) bond motifs is 2. The van der Waals surface area contributed by atoms with E-state index in [1.54, 1.807) is 6.92 Å². The van der Waals surface area contributed by atoms with Gasteiger partial charge in [0.1, 0.15) is 33.9 Å². The minimum Gasteiger partial charge on any atom is -0.458 e. The molecule has 0 aliphatic carbocycles. The third kappa shape index (κ3) is 2.99. The Balaban J connectivity index is 1.83. The zero-order valence-corrected chi connectivity index (χ0v) is 16.5. The predicted molar refractivity (Wildman–Crippen MR) is 111 cm³/mol. The van der Waals surface area contributed by atoms with Crippen LogP contribution >= 0.6 is 0 Å². The lowest BCUT2D eigenvalue weighted by molar-refractivity contribution is 0.464. The molecule has 32 heavy (non-hydrogen) atoms. The SMILES string of the molecule is CC(c1oc2cccc(F)c2c(=O)c1-c1ccc(F)cc1)n1cnc2c(N)nc(F)nc21. The second-order valence-corrected chi connectivity index (χ2v) is 7.17. The first-order valence-electron chi connectivity index (χ1n) is 9.52. The predicted octanol–water partition coefficient (Wildman–Crippen LogP) is 4.21. The fourth-order valence-corrected chi connectivity index (χ4v) is 3.72. The summed E-state index contributed by atoms with van der Waals surface area (Å²) in [7, 11) is 0. The van der Waals surface area contributed by atoms with Crippen molar-refractivity contribution in [3.63, 3.8) is 0 Å². The van der Waals surface area contributed by atoms with Crippen LogP contribution in [-0.4, -0.2) is 19.5 Å². The average molecular weight is 437 g/mol.